The van der Waals surface area contributed by atoms with Crippen LogP contribution >= 0.6 is 24.0 Å². The first-order valence-electron chi connectivity index (χ1n) is 9.02. The van der Waals surface area contributed by atoms with E-state index >= 15 is 0 Å². The van der Waals surface area contributed by atoms with Crippen LogP contribution in [0.5, 0.6) is 0 Å². The smallest absolute Gasteiger partial charge is 0.191 e. The Hall–Kier alpha value is -0.820. The summed E-state index contributed by atoms with van der Waals surface area (Å²) >= 11 is 0. The molecule has 1 saturated heterocycles. The van der Waals surface area contributed by atoms with Crippen LogP contribution in [-0.2, 0) is 6.54 Å². The molecule has 2 N–H and O–H groups in total. The second kappa shape index (κ2) is 12.5. The number of hydrogen-bond acceptors (Lipinski definition) is 2. The Morgan fingerprint density at radius 3 is 2.67 bits per heavy atom. The molecule has 0 saturated carbocycles. The van der Waals surface area contributed by atoms with E-state index in [4.69, 9.17) is 0 Å². The third kappa shape index (κ3) is 7.83. The van der Waals surface area contributed by atoms with E-state index in [-0.39, 0.29) is 24.0 Å². The Labute approximate surface area is 164 Å². The molecule has 5 heteroatoms. The van der Waals surface area contributed by atoms with Crippen molar-refractivity contribution in [3.63, 3.8) is 0 Å². The molecule has 1 aromatic rings. The lowest BCUT2D eigenvalue weighted by atomic mass is 10.0. The van der Waals surface area contributed by atoms with Gasteiger partial charge in [-0.25, -0.2) is 0 Å². The maximum absolute atomic E-state index is 4.29. The summed E-state index contributed by atoms with van der Waals surface area (Å²) in [5.74, 6) is 0.889. The van der Waals surface area contributed by atoms with Crippen molar-refractivity contribution in [3.05, 3.63) is 35.9 Å². The van der Waals surface area contributed by atoms with Gasteiger partial charge in [0, 0.05) is 26.2 Å². The van der Waals surface area contributed by atoms with Gasteiger partial charge < -0.3 is 15.5 Å². The zero-order valence-corrected chi connectivity index (χ0v) is 17.5. The van der Waals surface area contributed by atoms with Gasteiger partial charge in [-0.15, -0.1) is 24.0 Å². The molecule has 0 aliphatic carbocycles. The van der Waals surface area contributed by atoms with E-state index in [1.807, 2.05) is 13.1 Å². The van der Waals surface area contributed by atoms with Crippen molar-refractivity contribution in [1.82, 2.24) is 15.5 Å². The number of hydrogen-bond donors (Lipinski definition) is 2. The quantitative estimate of drug-likeness (QED) is 0.292. The molecule has 4 nitrogen and oxygen atoms in total. The lowest BCUT2D eigenvalue weighted by Crippen LogP contribution is -2.39. The number of nitrogens with one attached hydrogen (secondary N) is 2. The van der Waals surface area contributed by atoms with Gasteiger partial charge in [-0.05, 0) is 51.3 Å². The zero-order chi connectivity index (χ0) is 16.3. The summed E-state index contributed by atoms with van der Waals surface area (Å²) in [6.07, 6.45) is 6.60. The van der Waals surface area contributed by atoms with E-state index in [0.717, 1.165) is 25.1 Å². The van der Waals surface area contributed by atoms with Crippen LogP contribution in [0.2, 0.25) is 0 Å². The predicted molar refractivity (Wildman–Crippen MR) is 114 cm³/mol. The van der Waals surface area contributed by atoms with E-state index in [2.05, 4.69) is 51.7 Å². The third-order valence-corrected chi connectivity index (χ3v) is 4.63. The van der Waals surface area contributed by atoms with Crippen molar-refractivity contribution in [2.24, 2.45) is 4.99 Å². The van der Waals surface area contributed by atoms with Gasteiger partial charge in [-0.3, -0.25) is 4.99 Å². The maximum atomic E-state index is 4.29. The van der Waals surface area contributed by atoms with Gasteiger partial charge in [0.1, 0.15) is 0 Å². The predicted octanol–water partition coefficient (Wildman–Crippen LogP) is 3.62. The molecule has 24 heavy (non-hydrogen) atoms. The second-order valence-corrected chi connectivity index (χ2v) is 6.43. The Morgan fingerprint density at radius 1 is 1.17 bits per heavy atom. The summed E-state index contributed by atoms with van der Waals surface area (Å²) in [6, 6.07) is 11.2. The fraction of sp³-hybridized carbons (Fsp3) is 0.632. The highest BCUT2D eigenvalue weighted by molar-refractivity contribution is 14.0. The highest BCUT2D eigenvalue weighted by atomic mass is 127. The third-order valence-electron chi connectivity index (χ3n) is 4.63. The van der Waals surface area contributed by atoms with Crippen molar-refractivity contribution in [3.8, 4) is 0 Å². The molecule has 1 aliphatic rings. The van der Waals surface area contributed by atoms with Gasteiger partial charge in [0.2, 0.25) is 0 Å². The Bertz CT molecular complexity index is 464. The van der Waals surface area contributed by atoms with Crippen LogP contribution < -0.4 is 10.6 Å². The first-order valence-corrected chi connectivity index (χ1v) is 9.02. The molecule has 136 valence electrons. The number of rotatable bonds is 7. The van der Waals surface area contributed by atoms with Crippen molar-refractivity contribution < 1.29 is 0 Å². The molecule has 1 aromatic carbocycles. The number of likely N-dealkylation sites (tertiary alicyclic amines) is 1. The molecule has 0 bridgehead atoms. The van der Waals surface area contributed by atoms with Crippen molar-refractivity contribution in [2.75, 3.05) is 26.7 Å². The van der Waals surface area contributed by atoms with Gasteiger partial charge in [-0.1, -0.05) is 36.8 Å². The Morgan fingerprint density at radius 2 is 1.96 bits per heavy atom. The topological polar surface area (TPSA) is 39.7 Å². The van der Waals surface area contributed by atoms with Gasteiger partial charge in [0.25, 0.3) is 0 Å². The van der Waals surface area contributed by atoms with E-state index in [1.54, 1.807) is 0 Å². The van der Waals surface area contributed by atoms with Crippen molar-refractivity contribution in [2.45, 2.75) is 51.6 Å². The molecule has 0 spiro atoms. The SMILES string of the molecule is CN=C(NCCCCN1CCCCC1C)NCc1ccccc1.I. The van der Waals surface area contributed by atoms with Crippen molar-refractivity contribution >= 4 is 29.9 Å². The van der Waals surface area contributed by atoms with Gasteiger partial charge in [-0.2, -0.15) is 0 Å². The van der Waals surface area contributed by atoms with Crippen LogP contribution in [0, 0.1) is 0 Å². The van der Waals surface area contributed by atoms with E-state index < -0.39 is 0 Å². The molecule has 1 heterocycles. The molecule has 0 amide bonds. The van der Waals surface area contributed by atoms with Crippen LogP contribution in [0.3, 0.4) is 0 Å². The molecule has 2 rings (SSSR count). The zero-order valence-electron chi connectivity index (χ0n) is 15.1. The summed E-state index contributed by atoms with van der Waals surface area (Å²) in [7, 11) is 1.83. The molecule has 1 atom stereocenters. The van der Waals surface area contributed by atoms with E-state index in [0.29, 0.717) is 0 Å². The summed E-state index contributed by atoms with van der Waals surface area (Å²) in [6.45, 7) is 6.68. The summed E-state index contributed by atoms with van der Waals surface area (Å²) in [5.41, 5.74) is 1.27. The minimum Gasteiger partial charge on any atom is -0.356 e. The number of nitrogens with zero attached hydrogens (tertiary/aromatic N) is 2. The number of benzene rings is 1. The van der Waals surface area contributed by atoms with Crippen molar-refractivity contribution in [1.29, 1.82) is 0 Å². The first kappa shape index (κ1) is 21.2. The van der Waals surface area contributed by atoms with Gasteiger partial charge >= 0.3 is 0 Å². The molecular formula is C19H33IN4. The monoisotopic (exact) mass is 444 g/mol. The molecule has 1 unspecified atom stereocenters. The minimum atomic E-state index is 0. The maximum Gasteiger partial charge on any atom is 0.191 e. The number of unbranched alkanes of at least 4 members (excludes halogenated alkanes) is 1. The van der Waals surface area contributed by atoms with Crippen LogP contribution in [0.4, 0.5) is 0 Å². The summed E-state index contributed by atoms with van der Waals surface area (Å²) in [5, 5.41) is 6.77. The van der Waals surface area contributed by atoms with Crippen LogP contribution in [0.15, 0.2) is 35.3 Å². The standard InChI is InChI=1S/C19H32N4.HI/c1-17-10-6-8-14-23(17)15-9-7-13-21-19(20-2)22-16-18-11-4-3-5-12-18;/h3-5,11-12,17H,6-10,13-16H2,1-2H3,(H2,20,21,22);1H. The molecule has 1 aliphatic heterocycles. The Kier molecular flexibility index (Phi) is 11.1. The fourth-order valence-corrected chi connectivity index (χ4v) is 3.14. The molecule has 1 fully saturated rings. The van der Waals surface area contributed by atoms with Gasteiger partial charge in [0.05, 0.1) is 0 Å². The van der Waals surface area contributed by atoms with Crippen LogP contribution in [-0.4, -0.2) is 43.6 Å². The average Bonchev–Trinajstić information content (AvgIpc) is 2.59. The Balaban J connectivity index is 0.00000288. The number of aliphatic imine (C=N–C) groups is 1. The summed E-state index contributed by atoms with van der Waals surface area (Å²) < 4.78 is 0. The number of guanidine groups is 1. The summed E-state index contributed by atoms with van der Waals surface area (Å²) in [4.78, 5) is 6.93. The van der Waals surface area contributed by atoms with E-state index in [1.165, 1.54) is 50.8 Å². The minimum absolute atomic E-state index is 0. The highest BCUT2D eigenvalue weighted by Gasteiger charge is 2.16. The lowest BCUT2D eigenvalue weighted by Gasteiger charge is -2.33. The second-order valence-electron chi connectivity index (χ2n) is 6.43. The molecular weight excluding hydrogens is 411 g/mol. The molecule has 0 radical (unpaired) electrons. The number of piperidine rings is 1. The van der Waals surface area contributed by atoms with Crippen LogP contribution in [0.25, 0.3) is 0 Å². The first-order chi connectivity index (χ1) is 11.3. The molecule has 0 aromatic heterocycles. The number of halogens is 1. The fourth-order valence-electron chi connectivity index (χ4n) is 3.14. The average molecular weight is 444 g/mol. The van der Waals surface area contributed by atoms with Gasteiger partial charge in [0.15, 0.2) is 5.96 Å². The van der Waals surface area contributed by atoms with E-state index in [9.17, 15) is 0 Å². The highest BCUT2D eigenvalue weighted by Crippen LogP contribution is 2.16. The van der Waals surface area contributed by atoms with Crippen LogP contribution in [0.1, 0.15) is 44.6 Å². The largest absolute Gasteiger partial charge is 0.356 e. The normalized spacial score (nSPS) is 18.8. The lowest BCUT2D eigenvalue weighted by molar-refractivity contribution is 0.158.